The maximum absolute atomic E-state index is 12.2. The molecule has 0 spiro atoms. The van der Waals surface area contributed by atoms with Crippen LogP contribution in [0.3, 0.4) is 0 Å². The number of hydrogen-bond acceptors (Lipinski definition) is 4. The number of amides is 2. The number of urea groups is 1. The van der Waals surface area contributed by atoms with Crippen LogP contribution < -0.4 is 15.4 Å². The fourth-order valence-electron chi connectivity index (χ4n) is 3.52. The van der Waals surface area contributed by atoms with E-state index in [0.717, 1.165) is 37.0 Å². The zero-order valence-corrected chi connectivity index (χ0v) is 15.8. The Balaban J connectivity index is 1.40. The molecule has 0 radical (unpaired) electrons. The lowest BCUT2D eigenvalue weighted by Gasteiger charge is -2.42. The van der Waals surface area contributed by atoms with Crippen molar-refractivity contribution in [2.75, 3.05) is 13.1 Å². The number of carboxylic acid groups (broad SMARTS) is 1. The van der Waals surface area contributed by atoms with Gasteiger partial charge in [0.25, 0.3) is 0 Å². The van der Waals surface area contributed by atoms with Crippen LogP contribution >= 0.6 is 0 Å². The van der Waals surface area contributed by atoms with Crippen LogP contribution in [-0.4, -0.2) is 53.3 Å². The fourth-order valence-corrected chi connectivity index (χ4v) is 3.52. The number of benzene rings is 1. The number of ether oxygens (including phenoxy) is 1. The molecule has 0 aliphatic heterocycles. The van der Waals surface area contributed by atoms with E-state index in [4.69, 9.17) is 9.84 Å². The largest absolute Gasteiger partial charge is 0.490 e. The highest BCUT2D eigenvalue weighted by Crippen LogP contribution is 2.28. The normalized spacial score (nSPS) is 21.9. The van der Waals surface area contributed by atoms with Crippen LogP contribution in [0.2, 0.25) is 0 Å². The van der Waals surface area contributed by atoms with Gasteiger partial charge in [-0.15, -0.1) is 0 Å². The number of para-hydroxylation sites is 1. The minimum atomic E-state index is -0.811. The molecule has 0 saturated heterocycles. The lowest BCUT2D eigenvalue weighted by Crippen LogP contribution is -2.56. The van der Waals surface area contributed by atoms with Crippen molar-refractivity contribution in [3.05, 3.63) is 29.8 Å². The molecule has 0 bridgehead atoms. The first-order valence-electron chi connectivity index (χ1n) is 9.80. The van der Waals surface area contributed by atoms with Gasteiger partial charge in [-0.25, -0.2) is 4.79 Å². The molecule has 148 valence electrons. The molecule has 0 aromatic heterocycles. The predicted molar refractivity (Wildman–Crippen MR) is 102 cm³/mol. The second kappa shape index (κ2) is 9.08. The van der Waals surface area contributed by atoms with Gasteiger partial charge in [-0.05, 0) is 44.7 Å². The number of carbonyl (C=O) groups excluding carboxylic acids is 1. The molecule has 2 fully saturated rings. The van der Waals surface area contributed by atoms with Gasteiger partial charge < -0.3 is 20.5 Å². The van der Waals surface area contributed by atoms with Gasteiger partial charge in [0.15, 0.2) is 0 Å². The second-order valence-electron chi connectivity index (χ2n) is 7.38. The Bertz CT molecular complexity index is 656. The SMILES string of the molecule is CCN(CC(=O)O)C1CC(NC(=O)NCc2ccccc2OC2CCC2)C1. The lowest BCUT2D eigenvalue weighted by molar-refractivity contribution is -0.139. The molecule has 2 saturated carbocycles. The molecule has 1 aromatic carbocycles. The van der Waals surface area contributed by atoms with E-state index in [2.05, 4.69) is 10.6 Å². The van der Waals surface area contributed by atoms with Crippen LogP contribution in [-0.2, 0) is 11.3 Å². The number of carbonyl (C=O) groups is 2. The van der Waals surface area contributed by atoms with Gasteiger partial charge in [0.05, 0.1) is 12.6 Å². The van der Waals surface area contributed by atoms with Crippen LogP contribution in [0.1, 0.15) is 44.6 Å². The fraction of sp³-hybridized carbons (Fsp3) is 0.600. The van der Waals surface area contributed by atoms with E-state index in [-0.39, 0.29) is 24.7 Å². The third kappa shape index (κ3) is 5.35. The average Bonchev–Trinajstić information content (AvgIpc) is 2.58. The first-order valence-corrected chi connectivity index (χ1v) is 9.80. The maximum Gasteiger partial charge on any atom is 0.317 e. The molecule has 27 heavy (non-hydrogen) atoms. The summed E-state index contributed by atoms with van der Waals surface area (Å²) in [4.78, 5) is 25.0. The topological polar surface area (TPSA) is 90.9 Å². The quantitative estimate of drug-likeness (QED) is 0.616. The van der Waals surface area contributed by atoms with Crippen molar-refractivity contribution >= 4 is 12.0 Å². The Morgan fingerprint density at radius 1 is 1.26 bits per heavy atom. The van der Waals surface area contributed by atoms with E-state index in [1.807, 2.05) is 36.1 Å². The monoisotopic (exact) mass is 375 g/mol. The van der Waals surface area contributed by atoms with Crippen molar-refractivity contribution in [2.45, 2.75) is 63.8 Å². The number of hydrogen-bond donors (Lipinski definition) is 3. The standard InChI is InChI=1S/C20H29N3O4/c1-2-23(13-19(24)25)16-10-15(11-16)22-20(26)21-12-14-6-3-4-9-18(14)27-17-7-5-8-17/h3-4,6,9,15-17H,2,5,7-8,10-13H2,1H3,(H,24,25)(H2,21,22,26). The van der Waals surface area contributed by atoms with E-state index < -0.39 is 5.97 Å². The molecule has 0 unspecified atom stereocenters. The van der Waals surface area contributed by atoms with Crippen LogP contribution in [0.4, 0.5) is 4.79 Å². The Hall–Kier alpha value is -2.28. The van der Waals surface area contributed by atoms with Crippen molar-refractivity contribution < 1.29 is 19.4 Å². The minimum Gasteiger partial charge on any atom is -0.490 e. The Labute approximate surface area is 160 Å². The summed E-state index contributed by atoms with van der Waals surface area (Å²) >= 11 is 0. The van der Waals surface area contributed by atoms with Gasteiger partial charge in [-0.2, -0.15) is 0 Å². The number of aliphatic carboxylic acids is 1. The van der Waals surface area contributed by atoms with Crippen molar-refractivity contribution in [3.8, 4) is 5.75 Å². The highest BCUT2D eigenvalue weighted by molar-refractivity contribution is 5.74. The third-order valence-corrected chi connectivity index (χ3v) is 5.47. The minimum absolute atomic E-state index is 0.0534. The molecular weight excluding hydrogens is 346 g/mol. The highest BCUT2D eigenvalue weighted by atomic mass is 16.5. The van der Waals surface area contributed by atoms with E-state index in [1.165, 1.54) is 6.42 Å². The van der Waals surface area contributed by atoms with E-state index in [1.54, 1.807) is 0 Å². The summed E-state index contributed by atoms with van der Waals surface area (Å²) in [6, 6.07) is 7.94. The van der Waals surface area contributed by atoms with Crippen molar-refractivity contribution in [1.82, 2.24) is 15.5 Å². The van der Waals surface area contributed by atoms with Crippen LogP contribution in [0, 0.1) is 0 Å². The molecule has 7 heteroatoms. The highest BCUT2D eigenvalue weighted by Gasteiger charge is 2.34. The number of likely N-dealkylation sites (N-methyl/N-ethyl adjacent to an activating group) is 1. The first kappa shape index (κ1) is 19.5. The summed E-state index contributed by atoms with van der Waals surface area (Å²) < 4.78 is 5.99. The second-order valence-corrected chi connectivity index (χ2v) is 7.38. The lowest BCUT2D eigenvalue weighted by atomic mass is 9.85. The molecular formula is C20H29N3O4. The molecule has 2 aliphatic rings. The number of nitrogens with one attached hydrogen (secondary N) is 2. The molecule has 2 aliphatic carbocycles. The molecule has 0 heterocycles. The zero-order chi connectivity index (χ0) is 19.2. The summed E-state index contributed by atoms with van der Waals surface area (Å²) in [6.45, 7) is 3.13. The maximum atomic E-state index is 12.2. The van der Waals surface area contributed by atoms with Crippen molar-refractivity contribution in [3.63, 3.8) is 0 Å². The summed E-state index contributed by atoms with van der Waals surface area (Å²) in [5.41, 5.74) is 0.977. The summed E-state index contributed by atoms with van der Waals surface area (Å²) in [5.74, 6) is 0.0345. The smallest absolute Gasteiger partial charge is 0.317 e. The predicted octanol–water partition coefficient (Wildman–Crippen LogP) is 2.35. The Kier molecular flexibility index (Phi) is 6.55. The van der Waals surface area contributed by atoms with Crippen molar-refractivity contribution in [2.24, 2.45) is 0 Å². The van der Waals surface area contributed by atoms with Gasteiger partial charge in [0.2, 0.25) is 0 Å². The van der Waals surface area contributed by atoms with Gasteiger partial charge in [0, 0.05) is 24.2 Å². The van der Waals surface area contributed by atoms with Crippen LogP contribution in [0.25, 0.3) is 0 Å². The third-order valence-electron chi connectivity index (χ3n) is 5.47. The first-order chi connectivity index (χ1) is 13.0. The van der Waals surface area contributed by atoms with Crippen molar-refractivity contribution in [1.29, 1.82) is 0 Å². The van der Waals surface area contributed by atoms with Crippen LogP contribution in [0.15, 0.2) is 24.3 Å². The molecule has 3 N–H and O–H groups in total. The van der Waals surface area contributed by atoms with E-state index in [9.17, 15) is 9.59 Å². The number of carboxylic acids is 1. The van der Waals surface area contributed by atoms with E-state index >= 15 is 0 Å². The van der Waals surface area contributed by atoms with Crippen LogP contribution in [0.5, 0.6) is 5.75 Å². The van der Waals surface area contributed by atoms with Gasteiger partial charge >= 0.3 is 12.0 Å². The number of nitrogens with zero attached hydrogens (tertiary/aromatic N) is 1. The van der Waals surface area contributed by atoms with Gasteiger partial charge in [-0.3, -0.25) is 9.69 Å². The molecule has 3 rings (SSSR count). The summed E-state index contributed by atoms with van der Waals surface area (Å²) in [7, 11) is 0. The summed E-state index contributed by atoms with van der Waals surface area (Å²) in [5, 5.41) is 14.8. The van der Waals surface area contributed by atoms with E-state index in [0.29, 0.717) is 19.2 Å². The molecule has 7 nitrogen and oxygen atoms in total. The summed E-state index contributed by atoms with van der Waals surface area (Å²) in [6.07, 6.45) is 5.30. The molecule has 2 amide bonds. The molecule has 0 atom stereocenters. The Morgan fingerprint density at radius 2 is 2.00 bits per heavy atom. The Morgan fingerprint density at radius 3 is 2.63 bits per heavy atom. The van der Waals surface area contributed by atoms with Gasteiger partial charge in [-0.1, -0.05) is 25.1 Å². The molecule has 1 aromatic rings. The zero-order valence-electron chi connectivity index (χ0n) is 15.8. The van der Waals surface area contributed by atoms with Gasteiger partial charge in [0.1, 0.15) is 5.75 Å². The number of rotatable bonds is 9. The average molecular weight is 375 g/mol.